The molecule has 4 rings (SSSR count). The van der Waals surface area contributed by atoms with E-state index in [9.17, 15) is 18.0 Å². The first-order valence-corrected chi connectivity index (χ1v) is 10.1. The first kappa shape index (κ1) is 22.1. The van der Waals surface area contributed by atoms with Crippen molar-refractivity contribution in [3.63, 3.8) is 0 Å². The Balaban J connectivity index is 1.45. The fraction of sp³-hybridized carbons (Fsp3) is 0.174. The molecule has 0 unspecified atom stereocenters. The first-order chi connectivity index (χ1) is 15.9. The summed E-state index contributed by atoms with van der Waals surface area (Å²) in [4.78, 5) is 21.1. The summed E-state index contributed by atoms with van der Waals surface area (Å²) in [6, 6.07) is 10.9. The van der Waals surface area contributed by atoms with Crippen molar-refractivity contribution in [2.45, 2.75) is 25.6 Å². The molecule has 10 heteroatoms. The van der Waals surface area contributed by atoms with Crippen LogP contribution in [0.15, 0.2) is 67.0 Å². The number of halogens is 3. The van der Waals surface area contributed by atoms with Crippen LogP contribution in [-0.4, -0.2) is 22.4 Å². The van der Waals surface area contributed by atoms with Crippen LogP contribution in [-0.2, 0) is 0 Å². The van der Waals surface area contributed by atoms with E-state index in [1.165, 1.54) is 18.3 Å². The van der Waals surface area contributed by atoms with Gasteiger partial charge in [-0.25, -0.2) is 9.78 Å². The van der Waals surface area contributed by atoms with E-state index in [1.54, 1.807) is 30.5 Å². The number of carbonyl (C=O) groups excluding carboxylic acids is 1. The van der Waals surface area contributed by atoms with Crippen LogP contribution in [0.3, 0.4) is 0 Å². The Morgan fingerprint density at radius 3 is 2.45 bits per heavy atom. The third kappa shape index (κ3) is 6.00. The molecule has 2 amide bonds. The number of urea groups is 1. The standard InChI is InChI=1S/C23H19F3N4O3/c24-23(25,26)33-17-11-9-16(10-12-17)29-22(31)30-18-7-3-14-28-21(18)32-19-8-4-13-27-20(19)15-5-1-2-6-15/h3-5,7-14H,1-2,6H2,(H2,29,30,31). The zero-order valence-electron chi connectivity index (χ0n) is 17.2. The van der Waals surface area contributed by atoms with Crippen LogP contribution in [0.2, 0.25) is 0 Å². The molecule has 1 aliphatic carbocycles. The van der Waals surface area contributed by atoms with E-state index in [0.29, 0.717) is 11.4 Å². The van der Waals surface area contributed by atoms with E-state index in [1.807, 2.05) is 0 Å². The van der Waals surface area contributed by atoms with Crippen molar-refractivity contribution in [1.82, 2.24) is 9.97 Å². The number of rotatable bonds is 6. The lowest BCUT2D eigenvalue weighted by molar-refractivity contribution is -0.274. The quantitative estimate of drug-likeness (QED) is 0.450. The van der Waals surface area contributed by atoms with E-state index in [2.05, 4.69) is 31.4 Å². The van der Waals surface area contributed by atoms with E-state index in [4.69, 9.17) is 4.74 Å². The van der Waals surface area contributed by atoms with Crippen LogP contribution in [0.25, 0.3) is 5.57 Å². The van der Waals surface area contributed by atoms with Crippen LogP contribution < -0.4 is 20.1 Å². The van der Waals surface area contributed by atoms with Gasteiger partial charge in [0.15, 0.2) is 5.75 Å². The number of hydrogen-bond donors (Lipinski definition) is 2. The predicted octanol–water partition coefficient (Wildman–Crippen LogP) is 6.38. The molecule has 0 aliphatic heterocycles. The highest BCUT2D eigenvalue weighted by molar-refractivity contribution is 6.00. The van der Waals surface area contributed by atoms with Crippen molar-refractivity contribution >= 4 is 23.0 Å². The molecule has 2 aromatic heterocycles. The molecule has 3 aromatic rings. The Kier molecular flexibility index (Phi) is 6.43. The third-order valence-electron chi connectivity index (χ3n) is 4.69. The van der Waals surface area contributed by atoms with Crippen LogP contribution in [0.1, 0.15) is 25.0 Å². The maximum atomic E-state index is 12.4. The highest BCUT2D eigenvalue weighted by Gasteiger charge is 2.31. The van der Waals surface area contributed by atoms with Crippen molar-refractivity contribution < 1.29 is 27.4 Å². The number of pyridine rings is 2. The van der Waals surface area contributed by atoms with Crippen LogP contribution >= 0.6 is 0 Å². The Hall–Kier alpha value is -4.08. The Labute approximate surface area is 187 Å². The minimum Gasteiger partial charge on any atom is -0.435 e. The normalized spacial score (nSPS) is 13.2. The average molecular weight is 456 g/mol. The van der Waals surface area contributed by atoms with Gasteiger partial charge in [-0.1, -0.05) is 6.08 Å². The van der Waals surface area contributed by atoms with Gasteiger partial charge in [0, 0.05) is 18.1 Å². The third-order valence-corrected chi connectivity index (χ3v) is 4.69. The van der Waals surface area contributed by atoms with E-state index < -0.39 is 12.4 Å². The SMILES string of the molecule is O=C(Nc1ccc(OC(F)(F)F)cc1)Nc1cccnc1Oc1cccnc1C1=CCCC1. The van der Waals surface area contributed by atoms with Crippen LogP contribution in [0.4, 0.5) is 29.3 Å². The van der Waals surface area contributed by atoms with Crippen molar-refractivity contribution in [3.05, 3.63) is 72.7 Å². The lowest BCUT2D eigenvalue weighted by Gasteiger charge is -2.14. The summed E-state index contributed by atoms with van der Waals surface area (Å²) in [6.07, 6.45) is 3.53. The molecule has 0 atom stereocenters. The van der Waals surface area contributed by atoms with Gasteiger partial charge in [-0.05, 0) is 73.4 Å². The van der Waals surface area contributed by atoms with Gasteiger partial charge in [0.1, 0.15) is 17.1 Å². The number of benzene rings is 1. The monoisotopic (exact) mass is 456 g/mol. The summed E-state index contributed by atoms with van der Waals surface area (Å²) >= 11 is 0. The minimum atomic E-state index is -4.79. The zero-order chi connectivity index (χ0) is 23.3. The summed E-state index contributed by atoms with van der Waals surface area (Å²) in [5, 5.41) is 5.17. The summed E-state index contributed by atoms with van der Waals surface area (Å²) in [6.45, 7) is 0. The second kappa shape index (κ2) is 9.60. The summed E-state index contributed by atoms with van der Waals surface area (Å²) < 4.78 is 46.6. The number of hydrogen-bond acceptors (Lipinski definition) is 5. The van der Waals surface area contributed by atoms with Gasteiger partial charge in [0.05, 0.1) is 0 Å². The maximum Gasteiger partial charge on any atom is 0.573 e. The second-order valence-corrected chi connectivity index (χ2v) is 7.08. The van der Waals surface area contributed by atoms with Gasteiger partial charge in [-0.3, -0.25) is 4.98 Å². The fourth-order valence-electron chi connectivity index (χ4n) is 3.30. The summed E-state index contributed by atoms with van der Waals surface area (Å²) in [5.41, 5.74) is 2.42. The smallest absolute Gasteiger partial charge is 0.435 e. The molecular weight excluding hydrogens is 437 g/mol. The highest BCUT2D eigenvalue weighted by atomic mass is 19.4. The molecule has 170 valence electrons. The van der Waals surface area contributed by atoms with Crippen molar-refractivity contribution in [2.75, 3.05) is 10.6 Å². The van der Waals surface area contributed by atoms with Crippen molar-refractivity contribution in [2.24, 2.45) is 0 Å². The molecule has 0 saturated heterocycles. The number of anilines is 2. The zero-order valence-corrected chi connectivity index (χ0v) is 17.2. The van der Waals surface area contributed by atoms with Gasteiger partial charge in [-0.2, -0.15) is 0 Å². The van der Waals surface area contributed by atoms with Crippen molar-refractivity contribution in [1.29, 1.82) is 0 Å². The Bertz CT molecular complexity index is 1160. The first-order valence-electron chi connectivity index (χ1n) is 10.1. The number of nitrogens with zero attached hydrogens (tertiary/aromatic N) is 2. The molecule has 0 saturated carbocycles. The lowest BCUT2D eigenvalue weighted by atomic mass is 10.1. The molecule has 0 bridgehead atoms. The topological polar surface area (TPSA) is 85.4 Å². The van der Waals surface area contributed by atoms with Crippen LogP contribution in [0, 0.1) is 0 Å². The molecule has 2 N–H and O–H groups in total. The average Bonchev–Trinajstić information content (AvgIpc) is 3.31. The second-order valence-electron chi connectivity index (χ2n) is 7.08. The van der Waals surface area contributed by atoms with E-state index in [-0.39, 0.29) is 17.3 Å². The molecule has 0 spiro atoms. The molecule has 1 aliphatic rings. The molecule has 0 radical (unpaired) electrons. The lowest BCUT2D eigenvalue weighted by Crippen LogP contribution is -2.20. The number of aromatic nitrogens is 2. The van der Waals surface area contributed by atoms with E-state index >= 15 is 0 Å². The largest absolute Gasteiger partial charge is 0.573 e. The highest BCUT2D eigenvalue weighted by Crippen LogP contribution is 2.35. The van der Waals surface area contributed by atoms with Gasteiger partial charge >= 0.3 is 12.4 Å². The minimum absolute atomic E-state index is 0.175. The van der Waals surface area contributed by atoms with Crippen LogP contribution in [0.5, 0.6) is 17.4 Å². The predicted molar refractivity (Wildman–Crippen MR) is 116 cm³/mol. The molecule has 33 heavy (non-hydrogen) atoms. The maximum absolute atomic E-state index is 12.4. The van der Waals surface area contributed by atoms with Gasteiger partial charge < -0.3 is 20.1 Å². The number of nitrogens with one attached hydrogen (secondary N) is 2. The van der Waals surface area contributed by atoms with Gasteiger partial charge in [0.25, 0.3) is 0 Å². The van der Waals surface area contributed by atoms with Crippen molar-refractivity contribution in [3.8, 4) is 17.4 Å². The molecule has 7 nitrogen and oxygen atoms in total. The number of ether oxygens (including phenoxy) is 2. The molecule has 2 heterocycles. The summed E-state index contributed by atoms with van der Waals surface area (Å²) in [7, 11) is 0. The number of alkyl halides is 3. The summed E-state index contributed by atoms with van der Waals surface area (Å²) in [5.74, 6) is 0.309. The number of amides is 2. The number of allylic oxidation sites excluding steroid dienone is 2. The molecule has 1 aromatic carbocycles. The van der Waals surface area contributed by atoms with Gasteiger partial charge in [0.2, 0.25) is 5.88 Å². The molecular formula is C23H19F3N4O3. The van der Waals surface area contributed by atoms with E-state index in [0.717, 1.165) is 42.7 Å². The number of carbonyl (C=O) groups is 1. The molecule has 0 fully saturated rings. The Morgan fingerprint density at radius 1 is 0.970 bits per heavy atom. The van der Waals surface area contributed by atoms with Gasteiger partial charge in [-0.15, -0.1) is 13.2 Å². The fourth-order valence-corrected chi connectivity index (χ4v) is 3.30. The Morgan fingerprint density at radius 2 is 1.73 bits per heavy atom.